The van der Waals surface area contributed by atoms with Gasteiger partial charge in [-0.15, -0.1) is 0 Å². The van der Waals surface area contributed by atoms with Crippen LogP contribution in [0.2, 0.25) is 10.0 Å². The van der Waals surface area contributed by atoms with Gasteiger partial charge in [0.25, 0.3) is 5.91 Å². The number of thiazole rings is 1. The van der Waals surface area contributed by atoms with Crippen LogP contribution in [-0.4, -0.2) is 30.2 Å². The van der Waals surface area contributed by atoms with Gasteiger partial charge in [-0.3, -0.25) is 10.1 Å². The number of nitrogens with one attached hydrogen (secondary N) is 2. The van der Waals surface area contributed by atoms with Gasteiger partial charge in [0.2, 0.25) is 0 Å². The highest BCUT2D eigenvalue weighted by atomic mass is 35.5. The van der Waals surface area contributed by atoms with Gasteiger partial charge in [0.15, 0.2) is 10.2 Å². The van der Waals surface area contributed by atoms with Crippen molar-refractivity contribution in [3.8, 4) is 11.5 Å². The zero-order valence-corrected chi connectivity index (χ0v) is 17.3. The summed E-state index contributed by atoms with van der Waals surface area (Å²) >= 11 is 18.7. The van der Waals surface area contributed by atoms with Crippen molar-refractivity contribution in [3.05, 3.63) is 45.9 Å². The third-order valence-electron chi connectivity index (χ3n) is 3.52. The summed E-state index contributed by atoms with van der Waals surface area (Å²) in [6.45, 7) is 0. The van der Waals surface area contributed by atoms with Gasteiger partial charge in [-0.2, -0.15) is 0 Å². The zero-order chi connectivity index (χ0) is 19.6. The normalized spacial score (nSPS) is 10.5. The molecular weight excluding hydrogens is 429 g/mol. The molecule has 0 aliphatic rings. The lowest BCUT2D eigenvalue weighted by atomic mass is 10.2. The number of halogens is 2. The molecule has 0 spiro atoms. The lowest BCUT2D eigenvalue weighted by Gasteiger charge is -2.08. The average molecular weight is 442 g/mol. The number of thiocarbonyl (C=S) groups is 1. The van der Waals surface area contributed by atoms with Gasteiger partial charge >= 0.3 is 0 Å². The van der Waals surface area contributed by atoms with Gasteiger partial charge in [-0.1, -0.05) is 34.5 Å². The maximum absolute atomic E-state index is 12.3. The van der Waals surface area contributed by atoms with E-state index in [4.69, 9.17) is 44.9 Å². The van der Waals surface area contributed by atoms with E-state index in [0.29, 0.717) is 37.8 Å². The largest absolute Gasteiger partial charge is 0.495 e. The van der Waals surface area contributed by atoms with E-state index in [1.807, 2.05) is 0 Å². The first-order valence-corrected chi connectivity index (χ1v) is 9.49. The van der Waals surface area contributed by atoms with Crippen molar-refractivity contribution in [2.75, 3.05) is 19.5 Å². The van der Waals surface area contributed by atoms with E-state index in [1.54, 1.807) is 31.4 Å². The van der Waals surface area contributed by atoms with E-state index in [0.717, 1.165) is 4.70 Å². The van der Waals surface area contributed by atoms with Crippen molar-refractivity contribution < 1.29 is 14.3 Å². The number of ether oxygens (including phenoxy) is 2. The molecule has 1 amide bonds. The Morgan fingerprint density at radius 3 is 2.48 bits per heavy atom. The summed E-state index contributed by atoms with van der Waals surface area (Å²) in [6.07, 6.45) is 0. The van der Waals surface area contributed by atoms with E-state index in [1.165, 1.54) is 24.5 Å². The Hall–Kier alpha value is -2.13. The van der Waals surface area contributed by atoms with Gasteiger partial charge < -0.3 is 14.8 Å². The summed E-state index contributed by atoms with van der Waals surface area (Å²) in [6, 6.07) is 8.21. The third-order valence-corrected chi connectivity index (χ3v) is 5.25. The number of benzene rings is 2. The first kappa shape index (κ1) is 19.6. The van der Waals surface area contributed by atoms with Gasteiger partial charge in [0.05, 0.1) is 34.5 Å². The molecular formula is C17H13Cl2N3O3S2. The molecule has 6 nitrogen and oxygen atoms in total. The Morgan fingerprint density at radius 1 is 1.11 bits per heavy atom. The molecule has 0 fully saturated rings. The first-order chi connectivity index (χ1) is 12.9. The summed E-state index contributed by atoms with van der Waals surface area (Å²) in [4.78, 5) is 16.7. The fourth-order valence-electron chi connectivity index (χ4n) is 2.25. The molecule has 1 heterocycles. The fourth-order valence-corrected chi connectivity index (χ4v) is 3.88. The Morgan fingerprint density at radius 2 is 1.81 bits per heavy atom. The van der Waals surface area contributed by atoms with Crippen LogP contribution in [0.5, 0.6) is 11.5 Å². The summed E-state index contributed by atoms with van der Waals surface area (Å²) in [5.41, 5.74) is 1.05. The van der Waals surface area contributed by atoms with E-state index in [9.17, 15) is 4.79 Å². The van der Waals surface area contributed by atoms with Crippen LogP contribution in [0.25, 0.3) is 10.2 Å². The van der Waals surface area contributed by atoms with Crippen LogP contribution in [0.4, 0.5) is 5.13 Å². The molecule has 0 saturated carbocycles. The minimum absolute atomic E-state index is 0.115. The Bertz CT molecular complexity index is 1040. The molecule has 0 aliphatic carbocycles. The van der Waals surface area contributed by atoms with Crippen molar-refractivity contribution in [1.29, 1.82) is 0 Å². The van der Waals surface area contributed by atoms with E-state index in [2.05, 4.69) is 15.6 Å². The highest BCUT2D eigenvalue weighted by Crippen LogP contribution is 2.34. The number of nitrogens with zero attached hydrogens (tertiary/aromatic N) is 1. The lowest BCUT2D eigenvalue weighted by Crippen LogP contribution is -2.34. The van der Waals surface area contributed by atoms with Crippen LogP contribution in [0.3, 0.4) is 0 Å². The minimum Gasteiger partial charge on any atom is -0.495 e. The monoisotopic (exact) mass is 441 g/mol. The topological polar surface area (TPSA) is 72.5 Å². The van der Waals surface area contributed by atoms with Crippen molar-refractivity contribution in [2.24, 2.45) is 0 Å². The molecule has 0 bridgehead atoms. The molecule has 0 unspecified atom stereocenters. The molecule has 3 rings (SSSR count). The molecule has 3 aromatic rings. The molecule has 27 heavy (non-hydrogen) atoms. The SMILES string of the molecule is COc1ccc(C(=O)NC(=S)Nc2nc3cc(Cl)c(OC)cc3s2)cc1Cl. The predicted molar refractivity (Wildman–Crippen MR) is 113 cm³/mol. The van der Waals surface area contributed by atoms with Gasteiger partial charge in [-0.25, -0.2) is 4.98 Å². The fraction of sp³-hybridized carbons (Fsp3) is 0.118. The summed E-state index contributed by atoms with van der Waals surface area (Å²) in [5, 5.41) is 6.91. The Labute approximate surface area is 174 Å². The van der Waals surface area contributed by atoms with E-state index in [-0.39, 0.29) is 5.11 Å². The van der Waals surface area contributed by atoms with E-state index >= 15 is 0 Å². The number of anilines is 1. The van der Waals surface area contributed by atoms with Gasteiger partial charge in [0.1, 0.15) is 11.5 Å². The first-order valence-electron chi connectivity index (χ1n) is 7.51. The standard InChI is InChI=1S/C17H13Cl2N3O3S2/c1-24-12-4-3-8(5-9(12)18)15(23)21-16(26)22-17-20-11-6-10(19)13(25-2)7-14(11)27-17/h3-7H,1-2H3,(H2,20,21,22,23,26). The molecule has 0 radical (unpaired) electrons. The molecule has 0 saturated heterocycles. The molecule has 2 aromatic carbocycles. The van der Waals surface area contributed by atoms with Crippen molar-refractivity contribution in [3.63, 3.8) is 0 Å². The Balaban J connectivity index is 1.71. The van der Waals surface area contributed by atoms with Gasteiger partial charge in [0, 0.05) is 11.6 Å². The van der Waals surface area contributed by atoms with Crippen LogP contribution in [0.15, 0.2) is 30.3 Å². The third kappa shape index (κ3) is 4.41. The van der Waals surface area contributed by atoms with Crippen LogP contribution in [0, 0.1) is 0 Å². The van der Waals surface area contributed by atoms with Crippen molar-refractivity contribution >= 4 is 73.1 Å². The van der Waals surface area contributed by atoms with Crippen LogP contribution in [-0.2, 0) is 0 Å². The second-order valence-corrected chi connectivity index (χ2v) is 7.48. The number of amides is 1. The highest BCUT2D eigenvalue weighted by Gasteiger charge is 2.13. The number of carbonyl (C=O) groups excluding carboxylic acids is 1. The Kier molecular flexibility index (Phi) is 6.01. The summed E-state index contributed by atoms with van der Waals surface area (Å²) in [5.74, 6) is 0.645. The second kappa shape index (κ2) is 8.26. The number of rotatable bonds is 4. The molecule has 10 heteroatoms. The maximum Gasteiger partial charge on any atom is 0.257 e. The van der Waals surface area contributed by atoms with Crippen molar-refractivity contribution in [2.45, 2.75) is 0 Å². The minimum atomic E-state index is -0.400. The zero-order valence-electron chi connectivity index (χ0n) is 14.1. The van der Waals surface area contributed by atoms with Crippen molar-refractivity contribution in [1.82, 2.24) is 10.3 Å². The summed E-state index contributed by atoms with van der Waals surface area (Å²) in [7, 11) is 3.05. The van der Waals surface area contributed by atoms with Gasteiger partial charge in [-0.05, 0) is 36.5 Å². The number of fused-ring (bicyclic) bond motifs is 1. The lowest BCUT2D eigenvalue weighted by molar-refractivity contribution is 0.0977. The highest BCUT2D eigenvalue weighted by molar-refractivity contribution is 7.80. The van der Waals surface area contributed by atoms with Crippen LogP contribution >= 0.6 is 46.8 Å². The number of hydrogen-bond donors (Lipinski definition) is 2. The number of hydrogen-bond acceptors (Lipinski definition) is 6. The molecule has 0 atom stereocenters. The number of methoxy groups -OCH3 is 2. The maximum atomic E-state index is 12.3. The average Bonchev–Trinajstić information content (AvgIpc) is 3.01. The summed E-state index contributed by atoms with van der Waals surface area (Å²) < 4.78 is 11.1. The van der Waals surface area contributed by atoms with E-state index < -0.39 is 5.91 Å². The molecule has 0 aliphatic heterocycles. The molecule has 1 aromatic heterocycles. The van der Waals surface area contributed by atoms with Crippen LogP contribution < -0.4 is 20.1 Å². The molecule has 140 valence electrons. The van der Waals surface area contributed by atoms with Crippen LogP contribution in [0.1, 0.15) is 10.4 Å². The predicted octanol–water partition coefficient (Wildman–Crippen LogP) is 4.75. The molecule has 2 N–H and O–H groups in total. The second-order valence-electron chi connectivity index (χ2n) is 5.23. The quantitative estimate of drug-likeness (QED) is 0.569. The number of aromatic nitrogens is 1. The number of carbonyl (C=O) groups is 1. The smallest absolute Gasteiger partial charge is 0.257 e.